The van der Waals surface area contributed by atoms with Gasteiger partial charge in [-0.05, 0) is 42.0 Å². The van der Waals surface area contributed by atoms with E-state index in [4.69, 9.17) is 13.9 Å². The average Bonchev–Trinajstić information content (AvgIpc) is 3.20. The Bertz CT molecular complexity index is 1570. The number of aromatic hydroxyl groups is 1. The Kier molecular flexibility index (Phi) is 5.30. The van der Waals surface area contributed by atoms with Crippen LogP contribution in [0.2, 0.25) is 0 Å². The van der Waals surface area contributed by atoms with Crippen molar-refractivity contribution in [1.29, 1.82) is 0 Å². The maximum absolute atomic E-state index is 12.8. The van der Waals surface area contributed by atoms with Crippen LogP contribution in [0, 0.1) is 0 Å². The van der Waals surface area contributed by atoms with Crippen LogP contribution in [0.1, 0.15) is 17.3 Å². The molecule has 1 amide bonds. The zero-order valence-corrected chi connectivity index (χ0v) is 18.5. The number of carbonyl (C=O) groups is 2. The second kappa shape index (κ2) is 8.44. The molecule has 2 N–H and O–H groups in total. The summed E-state index contributed by atoms with van der Waals surface area (Å²) in [7, 11) is 1.51. The zero-order valence-electron chi connectivity index (χ0n) is 18.5. The number of hydrogen-bond donors (Lipinski definition) is 2. The first-order valence-electron chi connectivity index (χ1n) is 10.7. The van der Waals surface area contributed by atoms with Crippen LogP contribution in [0.25, 0.3) is 32.7 Å². The fraction of sp³-hybridized carbons (Fsp3) is 0.111. The minimum absolute atomic E-state index is 0.0142. The lowest BCUT2D eigenvalue weighted by Gasteiger charge is -2.16. The number of para-hydroxylation sites is 1. The van der Waals surface area contributed by atoms with Crippen molar-refractivity contribution in [3.8, 4) is 11.5 Å². The number of nitrogens with one attached hydrogen (secondary N) is 1. The van der Waals surface area contributed by atoms with Gasteiger partial charge in [0.05, 0.1) is 12.8 Å². The Morgan fingerprint density at radius 3 is 2.38 bits per heavy atom. The highest BCUT2D eigenvalue weighted by Gasteiger charge is 2.23. The van der Waals surface area contributed by atoms with Gasteiger partial charge in [0, 0.05) is 16.8 Å². The molecule has 1 unspecified atom stereocenters. The molecule has 0 radical (unpaired) electrons. The van der Waals surface area contributed by atoms with Gasteiger partial charge < -0.3 is 24.3 Å². The van der Waals surface area contributed by atoms with Crippen LogP contribution in [0.3, 0.4) is 0 Å². The summed E-state index contributed by atoms with van der Waals surface area (Å²) < 4.78 is 16.7. The molecule has 170 valence electrons. The van der Waals surface area contributed by atoms with E-state index in [9.17, 15) is 14.7 Å². The monoisotopic (exact) mass is 455 g/mol. The van der Waals surface area contributed by atoms with Crippen LogP contribution >= 0.6 is 0 Å². The Morgan fingerprint density at radius 1 is 0.912 bits per heavy atom. The molecule has 1 heterocycles. The number of phenolic OH excluding ortho intramolecular Hbond substituents is 1. The van der Waals surface area contributed by atoms with Crippen molar-refractivity contribution in [2.75, 3.05) is 12.4 Å². The van der Waals surface area contributed by atoms with Gasteiger partial charge in [0.1, 0.15) is 28.2 Å². The van der Waals surface area contributed by atoms with E-state index >= 15 is 0 Å². The molecule has 5 aromatic rings. The fourth-order valence-electron chi connectivity index (χ4n) is 3.92. The van der Waals surface area contributed by atoms with E-state index in [1.165, 1.54) is 26.2 Å². The molecule has 7 heteroatoms. The molecule has 0 saturated heterocycles. The Balaban J connectivity index is 1.37. The quantitative estimate of drug-likeness (QED) is 0.333. The number of methoxy groups -OCH3 is 1. The number of hydrogen-bond acceptors (Lipinski definition) is 6. The lowest BCUT2D eigenvalue weighted by molar-refractivity contribution is -0.123. The summed E-state index contributed by atoms with van der Waals surface area (Å²) in [5, 5.41) is 16.4. The second-order valence-corrected chi connectivity index (χ2v) is 7.90. The van der Waals surface area contributed by atoms with E-state index in [1.807, 2.05) is 48.5 Å². The molecule has 7 nitrogen and oxygen atoms in total. The number of ether oxygens (including phenoxy) is 2. The predicted molar refractivity (Wildman–Crippen MR) is 129 cm³/mol. The van der Waals surface area contributed by atoms with Crippen molar-refractivity contribution in [2.24, 2.45) is 0 Å². The van der Waals surface area contributed by atoms with Gasteiger partial charge in [-0.2, -0.15) is 0 Å². The molecular weight excluding hydrogens is 434 g/mol. The molecule has 0 aliphatic carbocycles. The standard InChI is InChI=1S/C27H21NO6/c1-15(33-27(31)20-11-16-7-3-4-8-17(16)12-22(20)29)26(30)28-21-14-24-19(13-25(21)32-2)18-9-5-6-10-23(18)34-24/h3-15,29H,1-2H3,(H,28,30). The van der Waals surface area contributed by atoms with E-state index < -0.39 is 18.0 Å². The summed E-state index contributed by atoms with van der Waals surface area (Å²) in [5.74, 6) is -1.13. The summed E-state index contributed by atoms with van der Waals surface area (Å²) in [6, 6.07) is 21.4. The van der Waals surface area contributed by atoms with Crippen LogP contribution in [0.4, 0.5) is 5.69 Å². The van der Waals surface area contributed by atoms with Crippen molar-refractivity contribution in [1.82, 2.24) is 0 Å². The maximum Gasteiger partial charge on any atom is 0.342 e. The molecule has 0 spiro atoms. The van der Waals surface area contributed by atoms with Gasteiger partial charge in [0.15, 0.2) is 6.10 Å². The molecule has 4 aromatic carbocycles. The molecule has 1 aromatic heterocycles. The molecule has 0 aliphatic rings. The molecule has 0 bridgehead atoms. The van der Waals surface area contributed by atoms with Crippen molar-refractivity contribution in [3.63, 3.8) is 0 Å². The molecule has 0 saturated carbocycles. The summed E-state index contributed by atoms with van der Waals surface area (Å²) in [6.07, 6.45) is -1.13. The third-order valence-electron chi connectivity index (χ3n) is 5.69. The van der Waals surface area contributed by atoms with E-state index in [1.54, 1.807) is 12.1 Å². The highest BCUT2D eigenvalue weighted by molar-refractivity contribution is 6.08. The summed E-state index contributed by atoms with van der Waals surface area (Å²) in [4.78, 5) is 25.5. The van der Waals surface area contributed by atoms with E-state index in [0.29, 0.717) is 17.0 Å². The van der Waals surface area contributed by atoms with E-state index in [2.05, 4.69) is 5.32 Å². The molecule has 0 aliphatic heterocycles. The fourth-order valence-corrected chi connectivity index (χ4v) is 3.92. The molecular formula is C27H21NO6. The highest BCUT2D eigenvalue weighted by Crippen LogP contribution is 2.36. The first-order valence-corrected chi connectivity index (χ1v) is 10.7. The van der Waals surface area contributed by atoms with Gasteiger partial charge in [-0.3, -0.25) is 4.79 Å². The number of esters is 1. The number of phenols is 1. The molecule has 34 heavy (non-hydrogen) atoms. The van der Waals surface area contributed by atoms with Crippen LogP contribution in [-0.2, 0) is 9.53 Å². The van der Waals surface area contributed by atoms with Crippen LogP contribution in [-0.4, -0.2) is 30.2 Å². The van der Waals surface area contributed by atoms with Crippen molar-refractivity contribution < 1.29 is 28.6 Å². The van der Waals surface area contributed by atoms with E-state index in [0.717, 1.165) is 27.1 Å². The number of rotatable bonds is 5. The van der Waals surface area contributed by atoms with Crippen molar-refractivity contribution in [2.45, 2.75) is 13.0 Å². The number of furan rings is 1. The van der Waals surface area contributed by atoms with Gasteiger partial charge >= 0.3 is 5.97 Å². The third-order valence-corrected chi connectivity index (χ3v) is 5.69. The van der Waals surface area contributed by atoms with Crippen LogP contribution in [0.15, 0.2) is 77.2 Å². The second-order valence-electron chi connectivity index (χ2n) is 7.90. The SMILES string of the molecule is COc1cc2c(cc1NC(=O)C(C)OC(=O)c1cc3ccccc3cc1O)oc1ccccc12. The van der Waals surface area contributed by atoms with Crippen LogP contribution < -0.4 is 10.1 Å². The molecule has 5 rings (SSSR count). The normalized spacial score (nSPS) is 12.1. The first-order chi connectivity index (χ1) is 16.4. The number of carbonyl (C=O) groups excluding carboxylic acids is 2. The van der Waals surface area contributed by atoms with Gasteiger partial charge in [-0.25, -0.2) is 4.79 Å². The molecule has 0 fully saturated rings. The predicted octanol–water partition coefficient (Wildman–Crippen LogP) is 5.64. The highest BCUT2D eigenvalue weighted by atomic mass is 16.5. The van der Waals surface area contributed by atoms with Gasteiger partial charge in [-0.15, -0.1) is 0 Å². The average molecular weight is 455 g/mol. The van der Waals surface area contributed by atoms with Crippen molar-refractivity contribution in [3.05, 3.63) is 78.4 Å². The lowest BCUT2D eigenvalue weighted by atomic mass is 10.1. The smallest absolute Gasteiger partial charge is 0.342 e. The lowest BCUT2D eigenvalue weighted by Crippen LogP contribution is -2.30. The van der Waals surface area contributed by atoms with Gasteiger partial charge in [-0.1, -0.05) is 42.5 Å². The molecule has 1 atom stereocenters. The third kappa shape index (κ3) is 3.77. The first kappa shape index (κ1) is 21.3. The minimum atomic E-state index is -1.13. The Morgan fingerprint density at radius 2 is 1.62 bits per heavy atom. The number of benzene rings is 4. The zero-order chi connectivity index (χ0) is 23.8. The largest absolute Gasteiger partial charge is 0.507 e. The number of anilines is 1. The van der Waals surface area contributed by atoms with Gasteiger partial charge in [0.25, 0.3) is 5.91 Å². The van der Waals surface area contributed by atoms with Gasteiger partial charge in [0.2, 0.25) is 0 Å². The summed E-state index contributed by atoms with van der Waals surface area (Å²) in [6.45, 7) is 1.46. The Labute approximate surface area is 194 Å². The van der Waals surface area contributed by atoms with Crippen LogP contribution in [0.5, 0.6) is 11.5 Å². The summed E-state index contributed by atoms with van der Waals surface area (Å²) >= 11 is 0. The number of fused-ring (bicyclic) bond motifs is 4. The maximum atomic E-state index is 12.8. The number of amides is 1. The topological polar surface area (TPSA) is 98.0 Å². The Hall–Kier alpha value is -4.52. The minimum Gasteiger partial charge on any atom is -0.507 e. The summed E-state index contributed by atoms with van der Waals surface area (Å²) in [5.41, 5.74) is 1.68. The van der Waals surface area contributed by atoms with E-state index in [-0.39, 0.29) is 11.3 Å². The van der Waals surface area contributed by atoms with Crippen molar-refractivity contribution >= 4 is 50.3 Å².